The number of hydrogen-bond acceptors (Lipinski definition) is 5. The van der Waals surface area contributed by atoms with Crippen LogP contribution in [0.5, 0.6) is 0 Å². The number of pyridine rings is 1. The SMILES string of the molecule is CCN(CC)Cc1ccc(C(=O)Nc2cc(NC(=O)c3ccnc(N4CCCCC4)c3)ccc2C)cc1. The van der Waals surface area contributed by atoms with Gasteiger partial charge in [0.2, 0.25) is 0 Å². The van der Waals surface area contributed by atoms with Crippen molar-refractivity contribution in [1.29, 1.82) is 0 Å². The molecule has 2 N–H and O–H groups in total. The number of aryl methyl sites for hydroxylation is 1. The van der Waals surface area contributed by atoms with Gasteiger partial charge in [-0.15, -0.1) is 0 Å². The van der Waals surface area contributed by atoms with Gasteiger partial charge in [0.15, 0.2) is 0 Å². The van der Waals surface area contributed by atoms with Crippen LogP contribution >= 0.6 is 0 Å². The Kier molecular flexibility index (Phi) is 8.90. The quantitative estimate of drug-likeness (QED) is 0.393. The number of aromatic nitrogens is 1. The zero-order valence-electron chi connectivity index (χ0n) is 22.1. The van der Waals surface area contributed by atoms with Gasteiger partial charge in [0, 0.05) is 48.3 Å². The monoisotopic (exact) mass is 499 g/mol. The fourth-order valence-electron chi connectivity index (χ4n) is 4.55. The van der Waals surface area contributed by atoms with Crippen LogP contribution in [-0.2, 0) is 6.54 Å². The normalized spacial score (nSPS) is 13.5. The van der Waals surface area contributed by atoms with Crippen LogP contribution in [0.2, 0.25) is 0 Å². The Balaban J connectivity index is 1.41. The number of hydrogen-bond donors (Lipinski definition) is 2. The average Bonchev–Trinajstić information content (AvgIpc) is 2.94. The number of nitrogens with zero attached hydrogens (tertiary/aromatic N) is 3. The summed E-state index contributed by atoms with van der Waals surface area (Å²) in [6, 6.07) is 16.8. The van der Waals surface area contributed by atoms with E-state index in [2.05, 4.69) is 39.3 Å². The molecule has 37 heavy (non-hydrogen) atoms. The molecule has 7 heteroatoms. The van der Waals surface area contributed by atoms with Crippen LogP contribution in [-0.4, -0.2) is 47.9 Å². The predicted octanol–water partition coefficient (Wildman–Crippen LogP) is 5.73. The number of rotatable bonds is 9. The van der Waals surface area contributed by atoms with Gasteiger partial charge in [0.05, 0.1) is 0 Å². The zero-order chi connectivity index (χ0) is 26.2. The van der Waals surface area contributed by atoms with Crippen LogP contribution in [0, 0.1) is 6.92 Å². The number of carbonyl (C=O) groups excluding carboxylic acids is 2. The fraction of sp³-hybridized carbons (Fsp3) is 0.367. The minimum absolute atomic E-state index is 0.179. The number of anilines is 3. The largest absolute Gasteiger partial charge is 0.357 e. The van der Waals surface area contributed by atoms with Crippen molar-refractivity contribution in [2.45, 2.75) is 46.6 Å². The van der Waals surface area contributed by atoms with E-state index in [0.717, 1.165) is 56.9 Å². The van der Waals surface area contributed by atoms with E-state index in [-0.39, 0.29) is 11.8 Å². The summed E-state index contributed by atoms with van der Waals surface area (Å²) in [4.78, 5) is 35.0. The minimum atomic E-state index is -0.203. The third kappa shape index (κ3) is 6.95. The zero-order valence-corrected chi connectivity index (χ0v) is 22.1. The lowest BCUT2D eigenvalue weighted by molar-refractivity contribution is 0.101. The molecule has 4 rings (SSSR count). The Labute approximate surface area is 219 Å². The first kappa shape index (κ1) is 26.4. The first-order valence-electron chi connectivity index (χ1n) is 13.2. The Morgan fingerprint density at radius 2 is 1.57 bits per heavy atom. The molecule has 2 aromatic carbocycles. The first-order chi connectivity index (χ1) is 18.0. The highest BCUT2D eigenvalue weighted by molar-refractivity contribution is 6.07. The molecule has 2 amide bonds. The summed E-state index contributed by atoms with van der Waals surface area (Å²) in [5.74, 6) is 0.458. The summed E-state index contributed by atoms with van der Waals surface area (Å²) < 4.78 is 0. The summed E-state index contributed by atoms with van der Waals surface area (Å²) in [6.07, 6.45) is 5.23. The second-order valence-electron chi connectivity index (χ2n) is 9.55. The van der Waals surface area contributed by atoms with Crippen molar-refractivity contribution in [2.75, 3.05) is 41.7 Å². The highest BCUT2D eigenvalue weighted by Gasteiger charge is 2.15. The number of piperidine rings is 1. The molecule has 194 valence electrons. The van der Waals surface area contributed by atoms with E-state index in [1.165, 1.54) is 12.0 Å². The maximum atomic E-state index is 13.0. The molecule has 0 unspecified atom stereocenters. The minimum Gasteiger partial charge on any atom is -0.357 e. The van der Waals surface area contributed by atoms with Crippen LogP contribution < -0.4 is 15.5 Å². The molecule has 0 atom stereocenters. The van der Waals surface area contributed by atoms with Gasteiger partial charge in [-0.2, -0.15) is 0 Å². The molecule has 3 aromatic rings. The van der Waals surface area contributed by atoms with Crippen molar-refractivity contribution in [3.63, 3.8) is 0 Å². The lowest BCUT2D eigenvalue weighted by atomic mass is 10.1. The van der Waals surface area contributed by atoms with Crippen LogP contribution in [0.3, 0.4) is 0 Å². The van der Waals surface area contributed by atoms with E-state index in [4.69, 9.17) is 0 Å². The van der Waals surface area contributed by atoms with Gasteiger partial charge in [0.1, 0.15) is 5.82 Å². The van der Waals surface area contributed by atoms with Gasteiger partial charge in [-0.05, 0) is 86.8 Å². The van der Waals surface area contributed by atoms with E-state index in [0.29, 0.717) is 22.5 Å². The molecule has 0 radical (unpaired) electrons. The van der Waals surface area contributed by atoms with Gasteiger partial charge in [-0.1, -0.05) is 32.0 Å². The third-order valence-electron chi connectivity index (χ3n) is 6.95. The summed E-state index contributed by atoms with van der Waals surface area (Å²) >= 11 is 0. The Morgan fingerprint density at radius 3 is 2.27 bits per heavy atom. The molecule has 2 heterocycles. The molecule has 7 nitrogen and oxygen atoms in total. The summed E-state index contributed by atoms with van der Waals surface area (Å²) in [6.45, 7) is 11.0. The fourth-order valence-corrected chi connectivity index (χ4v) is 4.55. The van der Waals surface area contributed by atoms with Crippen LogP contribution in [0.15, 0.2) is 60.8 Å². The molecule has 1 aliphatic rings. The number of amides is 2. The lowest BCUT2D eigenvalue weighted by Crippen LogP contribution is -2.30. The molecule has 0 aliphatic carbocycles. The summed E-state index contributed by atoms with van der Waals surface area (Å²) in [5.41, 5.74) is 4.54. The van der Waals surface area contributed by atoms with Crippen molar-refractivity contribution in [3.8, 4) is 0 Å². The molecular weight excluding hydrogens is 462 g/mol. The lowest BCUT2D eigenvalue weighted by Gasteiger charge is -2.27. The highest BCUT2D eigenvalue weighted by atomic mass is 16.2. The van der Waals surface area contributed by atoms with Gasteiger partial charge in [0.25, 0.3) is 11.8 Å². The van der Waals surface area contributed by atoms with E-state index < -0.39 is 0 Å². The standard InChI is InChI=1S/C30H37N5O2/c1-4-34(5-2)21-23-10-12-24(13-11-23)29(36)33-27-20-26(14-9-22(27)3)32-30(37)25-15-16-31-28(19-25)35-17-7-6-8-18-35/h9-16,19-20H,4-8,17-18,21H2,1-3H3,(H,32,37)(H,33,36). The second kappa shape index (κ2) is 12.5. The Hall–Kier alpha value is -3.71. The second-order valence-corrected chi connectivity index (χ2v) is 9.55. The summed E-state index contributed by atoms with van der Waals surface area (Å²) in [7, 11) is 0. The molecule has 1 saturated heterocycles. The van der Waals surface area contributed by atoms with Crippen molar-refractivity contribution in [1.82, 2.24) is 9.88 Å². The van der Waals surface area contributed by atoms with Crippen molar-refractivity contribution in [2.24, 2.45) is 0 Å². The van der Waals surface area contributed by atoms with E-state index in [1.54, 1.807) is 18.3 Å². The number of benzene rings is 2. The average molecular weight is 500 g/mol. The topological polar surface area (TPSA) is 77.6 Å². The van der Waals surface area contributed by atoms with E-state index in [9.17, 15) is 9.59 Å². The Bertz CT molecular complexity index is 1210. The van der Waals surface area contributed by atoms with Gasteiger partial charge in [-0.3, -0.25) is 14.5 Å². The number of nitrogens with one attached hydrogen (secondary N) is 2. The molecule has 1 aromatic heterocycles. The Morgan fingerprint density at radius 1 is 0.865 bits per heavy atom. The van der Waals surface area contributed by atoms with E-state index in [1.807, 2.05) is 49.4 Å². The van der Waals surface area contributed by atoms with Crippen LogP contribution in [0.25, 0.3) is 0 Å². The highest BCUT2D eigenvalue weighted by Crippen LogP contribution is 2.23. The molecule has 1 fully saturated rings. The van der Waals surface area contributed by atoms with Gasteiger partial charge < -0.3 is 15.5 Å². The van der Waals surface area contributed by atoms with Crippen molar-refractivity contribution < 1.29 is 9.59 Å². The number of carbonyl (C=O) groups is 2. The van der Waals surface area contributed by atoms with Crippen LogP contribution in [0.4, 0.5) is 17.2 Å². The smallest absolute Gasteiger partial charge is 0.255 e. The van der Waals surface area contributed by atoms with Crippen LogP contribution in [0.1, 0.15) is 65.0 Å². The predicted molar refractivity (Wildman–Crippen MR) is 150 cm³/mol. The van der Waals surface area contributed by atoms with Gasteiger partial charge >= 0.3 is 0 Å². The molecular formula is C30H37N5O2. The van der Waals surface area contributed by atoms with E-state index >= 15 is 0 Å². The van der Waals surface area contributed by atoms with Crippen molar-refractivity contribution in [3.05, 3.63) is 83.0 Å². The summed E-state index contributed by atoms with van der Waals surface area (Å²) in [5, 5.41) is 5.96. The van der Waals surface area contributed by atoms with Gasteiger partial charge in [-0.25, -0.2) is 4.98 Å². The first-order valence-corrected chi connectivity index (χ1v) is 13.2. The van der Waals surface area contributed by atoms with Crippen molar-refractivity contribution >= 4 is 29.0 Å². The molecule has 0 bridgehead atoms. The maximum absolute atomic E-state index is 13.0. The molecule has 1 aliphatic heterocycles. The molecule has 0 saturated carbocycles. The molecule has 0 spiro atoms. The third-order valence-corrected chi connectivity index (χ3v) is 6.95. The maximum Gasteiger partial charge on any atom is 0.255 e.